The molecule has 0 saturated heterocycles. The average molecular weight is 388 g/mol. The molecule has 0 radical (unpaired) electrons. The van der Waals surface area contributed by atoms with Crippen LogP contribution in [0.3, 0.4) is 0 Å². The van der Waals surface area contributed by atoms with E-state index in [0.29, 0.717) is 16.9 Å². The van der Waals surface area contributed by atoms with Crippen LogP contribution in [0.25, 0.3) is 27.5 Å². The van der Waals surface area contributed by atoms with Crippen molar-refractivity contribution >= 4 is 33.5 Å². The Hall–Kier alpha value is -3.73. The van der Waals surface area contributed by atoms with Crippen molar-refractivity contribution in [1.29, 1.82) is 0 Å². The molecule has 4 rings (SSSR count). The molecule has 5 nitrogen and oxygen atoms in total. The van der Waals surface area contributed by atoms with E-state index >= 15 is 0 Å². The molecule has 1 aromatic heterocycles. The predicted octanol–water partition coefficient (Wildman–Crippen LogP) is 5.33. The van der Waals surface area contributed by atoms with Crippen molar-refractivity contribution in [2.75, 3.05) is 14.2 Å². The van der Waals surface area contributed by atoms with Crippen LogP contribution < -0.4 is 4.74 Å². The topological polar surface area (TPSA) is 57.9 Å². The molecule has 0 aliphatic carbocycles. The minimum absolute atomic E-state index is 0.287. The molecule has 146 valence electrons. The van der Waals surface area contributed by atoms with Crippen LogP contribution >= 0.6 is 0 Å². The third-order valence-electron chi connectivity index (χ3n) is 4.69. The Morgan fingerprint density at radius 3 is 2.52 bits per heavy atom. The minimum atomic E-state index is -0.467. The van der Waals surface area contributed by atoms with E-state index in [1.165, 1.54) is 20.5 Å². The Balaban J connectivity index is 1.63. The summed E-state index contributed by atoms with van der Waals surface area (Å²) in [5.74, 6) is 0.250. The van der Waals surface area contributed by atoms with Gasteiger partial charge >= 0.3 is 5.97 Å². The summed E-state index contributed by atoms with van der Waals surface area (Å²) in [6.07, 6.45) is 1.38. The Morgan fingerprint density at radius 1 is 0.931 bits per heavy atom. The average Bonchev–Trinajstić information content (AvgIpc) is 3.14. The molecule has 3 aromatic carbocycles. The molecule has 0 amide bonds. The Morgan fingerprint density at radius 2 is 1.69 bits per heavy atom. The van der Waals surface area contributed by atoms with E-state index in [9.17, 15) is 4.79 Å². The summed E-state index contributed by atoms with van der Waals surface area (Å²) in [7, 11) is 2.84. The van der Waals surface area contributed by atoms with E-state index in [2.05, 4.69) is 0 Å². The molecule has 4 aromatic rings. The van der Waals surface area contributed by atoms with Gasteiger partial charge in [0.25, 0.3) is 0 Å². The standard InChI is InChI=1S/C24H20O5/c1-26-15-21(24(25)27-2)18-8-4-3-7-16(18)14-28-17-11-12-23-20(13-17)19-9-5-6-10-22(19)29-23/h3-13,15H,14H2,1-2H3/b21-15+. The van der Waals surface area contributed by atoms with Gasteiger partial charge in [0.15, 0.2) is 0 Å². The van der Waals surface area contributed by atoms with Gasteiger partial charge in [0.1, 0.15) is 29.1 Å². The number of hydrogen-bond donors (Lipinski definition) is 0. The highest BCUT2D eigenvalue weighted by Gasteiger charge is 2.17. The molecule has 5 heteroatoms. The normalized spacial score (nSPS) is 11.6. The summed E-state index contributed by atoms with van der Waals surface area (Å²) in [5, 5.41) is 2.05. The summed E-state index contributed by atoms with van der Waals surface area (Å²) in [6, 6.07) is 21.2. The lowest BCUT2D eigenvalue weighted by atomic mass is 10.0. The van der Waals surface area contributed by atoms with E-state index in [0.717, 1.165) is 27.5 Å². The zero-order valence-electron chi connectivity index (χ0n) is 16.2. The van der Waals surface area contributed by atoms with Gasteiger partial charge in [-0.25, -0.2) is 4.79 Å². The third-order valence-corrected chi connectivity index (χ3v) is 4.69. The van der Waals surface area contributed by atoms with E-state index < -0.39 is 5.97 Å². The number of esters is 1. The molecule has 0 N–H and O–H groups in total. The molecule has 0 unspecified atom stereocenters. The number of para-hydroxylation sites is 1. The molecule has 29 heavy (non-hydrogen) atoms. The van der Waals surface area contributed by atoms with Crippen LogP contribution in [0.1, 0.15) is 11.1 Å². The molecule has 0 bridgehead atoms. The van der Waals surface area contributed by atoms with Crippen LogP contribution in [-0.2, 0) is 20.9 Å². The Labute approximate surface area is 168 Å². The van der Waals surface area contributed by atoms with Gasteiger partial charge in [0.05, 0.1) is 20.5 Å². The fraction of sp³-hybridized carbons (Fsp3) is 0.125. The summed E-state index contributed by atoms with van der Waals surface area (Å²) < 4.78 is 21.8. The van der Waals surface area contributed by atoms with Crippen LogP contribution in [0.15, 0.2) is 77.4 Å². The molecule has 0 atom stereocenters. The van der Waals surface area contributed by atoms with Gasteiger partial charge in [0, 0.05) is 10.8 Å². The van der Waals surface area contributed by atoms with Crippen molar-refractivity contribution < 1.29 is 23.4 Å². The van der Waals surface area contributed by atoms with Crippen molar-refractivity contribution in [3.63, 3.8) is 0 Å². The summed E-state index contributed by atoms with van der Waals surface area (Å²) in [6.45, 7) is 0.287. The maximum absolute atomic E-state index is 12.1. The van der Waals surface area contributed by atoms with Crippen molar-refractivity contribution in [3.8, 4) is 5.75 Å². The lowest BCUT2D eigenvalue weighted by molar-refractivity contribution is -0.133. The van der Waals surface area contributed by atoms with Gasteiger partial charge < -0.3 is 18.6 Å². The second-order valence-electron chi connectivity index (χ2n) is 6.46. The van der Waals surface area contributed by atoms with Crippen molar-refractivity contribution in [2.24, 2.45) is 0 Å². The maximum Gasteiger partial charge on any atom is 0.341 e. The number of ether oxygens (including phenoxy) is 3. The van der Waals surface area contributed by atoms with Crippen molar-refractivity contribution in [1.82, 2.24) is 0 Å². The highest BCUT2D eigenvalue weighted by Crippen LogP contribution is 2.31. The molecule has 1 heterocycles. The van der Waals surface area contributed by atoms with Gasteiger partial charge in [-0.3, -0.25) is 0 Å². The maximum atomic E-state index is 12.1. The largest absolute Gasteiger partial charge is 0.503 e. The van der Waals surface area contributed by atoms with E-state index in [-0.39, 0.29) is 6.61 Å². The molecule has 0 saturated carbocycles. The number of fused-ring (bicyclic) bond motifs is 3. The highest BCUT2D eigenvalue weighted by atomic mass is 16.5. The fourth-order valence-electron chi connectivity index (χ4n) is 3.31. The first-order valence-electron chi connectivity index (χ1n) is 9.15. The number of methoxy groups -OCH3 is 2. The van der Waals surface area contributed by atoms with Crippen molar-refractivity contribution in [3.05, 3.63) is 84.1 Å². The number of carbonyl (C=O) groups is 1. The minimum Gasteiger partial charge on any atom is -0.503 e. The third kappa shape index (κ3) is 3.67. The number of rotatable bonds is 6. The predicted molar refractivity (Wildman–Crippen MR) is 111 cm³/mol. The second-order valence-corrected chi connectivity index (χ2v) is 6.46. The lowest BCUT2D eigenvalue weighted by Crippen LogP contribution is -2.08. The Kier molecular flexibility index (Phi) is 5.20. The molecule has 0 fully saturated rings. The molecular weight excluding hydrogens is 368 g/mol. The van der Waals surface area contributed by atoms with Gasteiger partial charge in [0.2, 0.25) is 0 Å². The van der Waals surface area contributed by atoms with Crippen LogP contribution in [0.2, 0.25) is 0 Å². The van der Waals surface area contributed by atoms with E-state index in [1.807, 2.05) is 66.7 Å². The monoisotopic (exact) mass is 388 g/mol. The number of carbonyl (C=O) groups excluding carboxylic acids is 1. The van der Waals surface area contributed by atoms with Gasteiger partial charge in [-0.05, 0) is 35.4 Å². The van der Waals surface area contributed by atoms with E-state index in [4.69, 9.17) is 18.6 Å². The second kappa shape index (κ2) is 8.10. The van der Waals surface area contributed by atoms with Crippen LogP contribution in [0.4, 0.5) is 0 Å². The van der Waals surface area contributed by atoms with Crippen molar-refractivity contribution in [2.45, 2.75) is 6.61 Å². The summed E-state index contributed by atoms with van der Waals surface area (Å²) in [4.78, 5) is 12.1. The first-order valence-corrected chi connectivity index (χ1v) is 9.15. The number of furan rings is 1. The SMILES string of the molecule is CO/C=C(/C(=O)OC)c1ccccc1COc1ccc2oc3ccccc3c2c1. The van der Waals surface area contributed by atoms with Crippen LogP contribution in [-0.4, -0.2) is 20.2 Å². The smallest absolute Gasteiger partial charge is 0.341 e. The van der Waals surface area contributed by atoms with Gasteiger partial charge in [-0.1, -0.05) is 42.5 Å². The van der Waals surface area contributed by atoms with Crippen LogP contribution in [0.5, 0.6) is 5.75 Å². The van der Waals surface area contributed by atoms with Crippen LogP contribution in [0, 0.1) is 0 Å². The summed E-state index contributed by atoms with van der Waals surface area (Å²) in [5.41, 5.74) is 3.55. The van der Waals surface area contributed by atoms with E-state index in [1.54, 1.807) is 0 Å². The first-order chi connectivity index (χ1) is 14.2. The number of benzene rings is 3. The zero-order chi connectivity index (χ0) is 20.2. The van der Waals surface area contributed by atoms with Gasteiger partial charge in [-0.2, -0.15) is 0 Å². The summed E-state index contributed by atoms with van der Waals surface area (Å²) >= 11 is 0. The molecule has 0 spiro atoms. The molecule has 0 aliphatic heterocycles. The van der Waals surface area contributed by atoms with Gasteiger partial charge in [-0.15, -0.1) is 0 Å². The first kappa shape index (κ1) is 18.6. The molecule has 0 aliphatic rings. The number of hydrogen-bond acceptors (Lipinski definition) is 5. The quantitative estimate of drug-likeness (QED) is 0.254. The Bertz CT molecular complexity index is 1200. The molecular formula is C24H20O5. The lowest BCUT2D eigenvalue weighted by Gasteiger charge is -2.13. The highest BCUT2D eigenvalue weighted by molar-refractivity contribution is 6.16. The zero-order valence-corrected chi connectivity index (χ0v) is 16.2. The fourth-order valence-corrected chi connectivity index (χ4v) is 3.31.